The van der Waals surface area contributed by atoms with Crippen molar-refractivity contribution in [2.45, 2.75) is 6.18 Å². The number of benzene rings is 2. The molecule has 0 atom stereocenters. The molecule has 0 unspecified atom stereocenters. The monoisotopic (exact) mass is 277 g/mol. The number of rotatable bonds is 1. The Morgan fingerprint density at radius 1 is 0.947 bits per heavy atom. The molecule has 0 bridgehead atoms. The van der Waals surface area contributed by atoms with Crippen LogP contribution in [0, 0.1) is 5.38 Å². The van der Waals surface area contributed by atoms with Gasteiger partial charge in [-0.25, -0.2) is 0 Å². The zero-order chi connectivity index (χ0) is 13.5. The topological polar surface area (TPSA) is 0 Å². The molecule has 3 aromatic rings. The van der Waals surface area contributed by atoms with Crippen molar-refractivity contribution < 1.29 is 13.2 Å². The van der Waals surface area contributed by atoms with Crippen LogP contribution in [0.5, 0.6) is 0 Å². The molecular weight excluding hydrogens is 269 g/mol. The van der Waals surface area contributed by atoms with Gasteiger partial charge < -0.3 is 0 Å². The van der Waals surface area contributed by atoms with Crippen molar-refractivity contribution >= 4 is 21.4 Å². The van der Waals surface area contributed by atoms with E-state index in [1.165, 1.54) is 23.5 Å². The lowest BCUT2D eigenvalue weighted by Gasteiger charge is -2.06. The van der Waals surface area contributed by atoms with Crippen LogP contribution < -0.4 is 0 Å². The molecule has 0 amide bonds. The minimum atomic E-state index is -4.30. The largest absolute Gasteiger partial charge is 0.416 e. The zero-order valence-corrected chi connectivity index (χ0v) is 10.5. The van der Waals surface area contributed by atoms with Gasteiger partial charge in [-0.2, -0.15) is 13.2 Å². The van der Waals surface area contributed by atoms with Gasteiger partial charge in [0, 0.05) is 15.6 Å². The van der Waals surface area contributed by atoms with Gasteiger partial charge in [0.15, 0.2) is 0 Å². The number of hydrogen-bond donors (Lipinski definition) is 0. The summed E-state index contributed by atoms with van der Waals surface area (Å²) >= 11 is 1.21. The summed E-state index contributed by atoms with van der Waals surface area (Å²) in [6.07, 6.45) is -4.30. The summed E-state index contributed by atoms with van der Waals surface area (Å²) in [5.74, 6) is 0. The van der Waals surface area contributed by atoms with Crippen LogP contribution in [0.4, 0.5) is 13.2 Å². The summed E-state index contributed by atoms with van der Waals surface area (Å²) in [7, 11) is 0. The van der Waals surface area contributed by atoms with Crippen molar-refractivity contribution in [3.63, 3.8) is 0 Å². The van der Waals surface area contributed by atoms with E-state index in [4.69, 9.17) is 0 Å². The molecule has 0 N–H and O–H groups in total. The van der Waals surface area contributed by atoms with Crippen molar-refractivity contribution in [3.8, 4) is 11.1 Å². The van der Waals surface area contributed by atoms with Gasteiger partial charge in [0.1, 0.15) is 0 Å². The highest BCUT2D eigenvalue weighted by Crippen LogP contribution is 2.37. The van der Waals surface area contributed by atoms with Crippen LogP contribution in [0.1, 0.15) is 5.56 Å². The van der Waals surface area contributed by atoms with Gasteiger partial charge in [0.2, 0.25) is 0 Å². The molecule has 19 heavy (non-hydrogen) atoms. The third-order valence-corrected chi connectivity index (χ3v) is 3.77. The number of thiophene rings is 1. The molecule has 3 rings (SSSR count). The highest BCUT2D eigenvalue weighted by Gasteiger charge is 2.30. The minimum Gasteiger partial charge on any atom is -0.166 e. The predicted molar refractivity (Wildman–Crippen MR) is 71.1 cm³/mol. The Morgan fingerprint density at radius 3 is 2.37 bits per heavy atom. The quantitative estimate of drug-likeness (QED) is 0.559. The fraction of sp³-hybridized carbons (Fsp3) is 0.0667. The first-order valence-corrected chi connectivity index (χ1v) is 6.44. The average molecular weight is 277 g/mol. The Hall–Kier alpha value is -1.81. The van der Waals surface area contributed by atoms with Gasteiger partial charge in [-0.15, -0.1) is 11.3 Å². The normalized spacial score (nSPS) is 11.9. The molecule has 95 valence electrons. The van der Waals surface area contributed by atoms with Gasteiger partial charge >= 0.3 is 6.18 Å². The molecule has 1 radical (unpaired) electrons. The van der Waals surface area contributed by atoms with E-state index < -0.39 is 11.7 Å². The fourth-order valence-corrected chi connectivity index (χ4v) is 2.88. The van der Waals surface area contributed by atoms with Crippen molar-refractivity contribution in [3.05, 3.63) is 59.5 Å². The molecule has 4 heteroatoms. The second-order valence-electron chi connectivity index (χ2n) is 4.15. The van der Waals surface area contributed by atoms with Crippen LogP contribution in [-0.2, 0) is 6.18 Å². The third kappa shape index (κ3) is 2.24. The second-order valence-corrected chi connectivity index (χ2v) is 5.00. The van der Waals surface area contributed by atoms with Gasteiger partial charge in [-0.3, -0.25) is 0 Å². The van der Waals surface area contributed by atoms with Crippen molar-refractivity contribution in [2.75, 3.05) is 0 Å². The maximum Gasteiger partial charge on any atom is 0.416 e. The molecule has 0 aliphatic carbocycles. The van der Waals surface area contributed by atoms with E-state index in [1.807, 2.05) is 30.3 Å². The Bertz CT molecular complexity index is 711. The number of fused-ring (bicyclic) bond motifs is 1. The van der Waals surface area contributed by atoms with Gasteiger partial charge in [-0.05, 0) is 17.7 Å². The predicted octanol–water partition coefficient (Wildman–Crippen LogP) is 5.39. The lowest BCUT2D eigenvalue weighted by atomic mass is 10.0. The smallest absolute Gasteiger partial charge is 0.166 e. The Balaban J connectivity index is 2.16. The van der Waals surface area contributed by atoms with E-state index >= 15 is 0 Å². The summed E-state index contributed by atoms with van der Waals surface area (Å²) in [5, 5.41) is 3.89. The van der Waals surface area contributed by atoms with E-state index in [-0.39, 0.29) is 0 Å². The molecule has 0 aliphatic heterocycles. The lowest BCUT2D eigenvalue weighted by molar-refractivity contribution is -0.137. The molecule has 0 spiro atoms. The minimum absolute atomic E-state index is 0.605. The van der Waals surface area contributed by atoms with Crippen LogP contribution in [0.3, 0.4) is 0 Å². The third-order valence-electron chi connectivity index (χ3n) is 2.90. The Kier molecular flexibility index (Phi) is 2.82. The first-order chi connectivity index (χ1) is 9.05. The van der Waals surface area contributed by atoms with Crippen molar-refractivity contribution in [1.29, 1.82) is 0 Å². The van der Waals surface area contributed by atoms with E-state index in [0.717, 1.165) is 22.6 Å². The Labute approximate surface area is 112 Å². The standard InChI is InChI=1S/C15H8F3S/c16-15(17,18)11-6-7-12-13(9-19-14(12)8-11)10-4-2-1-3-5-10/h1-8H. The van der Waals surface area contributed by atoms with Gasteiger partial charge in [0.05, 0.1) is 10.9 Å². The summed E-state index contributed by atoms with van der Waals surface area (Å²) in [4.78, 5) is 0. The molecule has 0 nitrogen and oxygen atoms in total. The maximum absolute atomic E-state index is 12.6. The van der Waals surface area contributed by atoms with Crippen LogP contribution in [0.2, 0.25) is 0 Å². The average Bonchev–Trinajstić information content (AvgIpc) is 2.81. The molecule has 2 aromatic carbocycles. The molecule has 0 fully saturated rings. The molecule has 0 saturated carbocycles. The summed E-state index contributed by atoms with van der Waals surface area (Å²) in [6.45, 7) is 0. The van der Waals surface area contributed by atoms with Crippen molar-refractivity contribution in [1.82, 2.24) is 0 Å². The SMILES string of the molecule is FC(F)(F)c1ccc2c(-c3ccccc3)[c]sc2c1. The maximum atomic E-state index is 12.6. The summed E-state index contributed by atoms with van der Waals surface area (Å²) in [5.41, 5.74) is 1.21. The van der Waals surface area contributed by atoms with E-state index in [2.05, 4.69) is 5.38 Å². The molecule has 1 heterocycles. The van der Waals surface area contributed by atoms with Crippen LogP contribution in [0.15, 0.2) is 48.5 Å². The first kappa shape index (κ1) is 12.2. The number of alkyl halides is 3. The van der Waals surface area contributed by atoms with Crippen LogP contribution in [0.25, 0.3) is 21.2 Å². The Morgan fingerprint density at radius 2 is 1.68 bits per heavy atom. The summed E-state index contributed by atoms with van der Waals surface area (Å²) < 4.78 is 38.5. The van der Waals surface area contributed by atoms with E-state index in [1.54, 1.807) is 0 Å². The number of hydrogen-bond acceptors (Lipinski definition) is 1. The molecule has 0 aliphatic rings. The lowest BCUT2D eigenvalue weighted by Crippen LogP contribution is -2.03. The zero-order valence-electron chi connectivity index (χ0n) is 9.66. The molecular formula is C15H8F3S. The number of halogens is 3. The fourth-order valence-electron chi connectivity index (χ4n) is 1.97. The molecule has 0 saturated heterocycles. The second kappa shape index (κ2) is 4.38. The van der Waals surface area contributed by atoms with Gasteiger partial charge in [-0.1, -0.05) is 36.4 Å². The van der Waals surface area contributed by atoms with Crippen molar-refractivity contribution in [2.24, 2.45) is 0 Å². The van der Waals surface area contributed by atoms with Gasteiger partial charge in [0.25, 0.3) is 0 Å². The summed E-state index contributed by atoms with van der Waals surface area (Å²) in [6, 6.07) is 13.4. The molecule has 1 aromatic heterocycles. The highest BCUT2D eigenvalue weighted by molar-refractivity contribution is 7.17. The highest BCUT2D eigenvalue weighted by atomic mass is 32.1. The van der Waals surface area contributed by atoms with Crippen LogP contribution >= 0.6 is 11.3 Å². The first-order valence-electron chi connectivity index (χ1n) is 5.62. The van der Waals surface area contributed by atoms with Crippen LogP contribution in [-0.4, -0.2) is 0 Å². The van der Waals surface area contributed by atoms with E-state index in [9.17, 15) is 13.2 Å². The van der Waals surface area contributed by atoms with E-state index in [0.29, 0.717) is 4.70 Å².